The van der Waals surface area contributed by atoms with E-state index >= 15 is 0 Å². The molecule has 15 unspecified atom stereocenters. The van der Waals surface area contributed by atoms with Gasteiger partial charge in [-0.05, 0) is 18.8 Å². The van der Waals surface area contributed by atoms with Crippen LogP contribution in [0.15, 0.2) is 0 Å². The van der Waals surface area contributed by atoms with Crippen molar-refractivity contribution in [2.24, 2.45) is 5.92 Å². The standard InChI is InChI=1S/C60H114N2O19/c1-4-5-6-7-8-9-10-11-12-13-14-15-16-17-18-19-24-27-30-33-36-45(66)57(75)61-43(51(70)44(65)35-32-29-26-23-21-20-22-25-28-31-34-42(2)3)40-78-58-55(74)54(73)53(72)48(80-58)41-79-60(59(76)77)37-46(67)50(62-49(69)39-64)56(81-60)52(71)47(68)38-63/h42-48,50-56,58,63-68,70-74H,4-41H2,1-3H3,(H,61,75)(H,62,69)(H,76,77). The number of carboxylic acid groups (broad SMARTS) is 1. The Bertz CT molecular complexity index is 1600. The molecule has 0 bridgehead atoms. The first-order chi connectivity index (χ1) is 38.8. The second kappa shape index (κ2) is 44.3. The second-order valence-corrected chi connectivity index (χ2v) is 23.8. The van der Waals surface area contributed by atoms with Crippen LogP contribution < -0.4 is 10.6 Å². The highest BCUT2D eigenvalue weighted by Crippen LogP contribution is 2.35. The van der Waals surface area contributed by atoms with Crippen LogP contribution in [0.4, 0.5) is 0 Å². The van der Waals surface area contributed by atoms with Gasteiger partial charge in [0.15, 0.2) is 6.29 Å². The smallest absolute Gasteiger partial charge is 0.364 e. The molecular weight excluding hydrogens is 1050 g/mol. The van der Waals surface area contributed by atoms with Crippen LogP contribution in [0.5, 0.6) is 0 Å². The maximum atomic E-state index is 13.5. The Balaban J connectivity index is 2.01. The predicted molar refractivity (Wildman–Crippen MR) is 305 cm³/mol. The molecule has 2 heterocycles. The fraction of sp³-hybridized carbons (Fsp3) is 0.950. The highest BCUT2D eigenvalue weighted by atomic mass is 16.7. The van der Waals surface area contributed by atoms with Crippen molar-refractivity contribution in [3.63, 3.8) is 0 Å². The van der Waals surface area contributed by atoms with Crippen LogP contribution in [0.25, 0.3) is 0 Å². The lowest BCUT2D eigenvalue weighted by Gasteiger charge is -2.47. The first-order valence-electron chi connectivity index (χ1n) is 31.6. The summed E-state index contributed by atoms with van der Waals surface area (Å²) in [5.41, 5.74) is 0. The lowest BCUT2D eigenvalue weighted by molar-refractivity contribution is -0.339. The summed E-state index contributed by atoms with van der Waals surface area (Å²) in [4.78, 5) is 38.3. The van der Waals surface area contributed by atoms with Gasteiger partial charge < -0.3 is 90.9 Å². The van der Waals surface area contributed by atoms with E-state index in [1.807, 2.05) is 0 Å². The first kappa shape index (κ1) is 74.9. The van der Waals surface area contributed by atoms with E-state index in [1.54, 1.807) is 0 Å². The molecule has 0 aromatic heterocycles. The second-order valence-electron chi connectivity index (χ2n) is 23.8. The molecule has 15 atom stereocenters. The van der Waals surface area contributed by atoms with E-state index in [-0.39, 0.29) is 12.8 Å². The number of aliphatic hydroxyl groups excluding tert-OH is 11. The molecule has 81 heavy (non-hydrogen) atoms. The van der Waals surface area contributed by atoms with Gasteiger partial charge in [-0.2, -0.15) is 0 Å². The molecular formula is C60H114N2O19. The molecule has 21 heteroatoms. The number of ether oxygens (including phenoxy) is 4. The summed E-state index contributed by atoms with van der Waals surface area (Å²) >= 11 is 0. The van der Waals surface area contributed by atoms with Gasteiger partial charge in [0.25, 0.3) is 5.79 Å². The fourth-order valence-corrected chi connectivity index (χ4v) is 10.9. The summed E-state index contributed by atoms with van der Waals surface area (Å²) in [6.45, 7) is 2.99. The third-order valence-electron chi connectivity index (χ3n) is 16.2. The Morgan fingerprint density at radius 3 is 1.51 bits per heavy atom. The number of aliphatic hydroxyl groups is 11. The zero-order valence-corrected chi connectivity index (χ0v) is 49.8. The van der Waals surface area contributed by atoms with Crippen LogP contribution in [-0.2, 0) is 33.3 Å². The average molecular weight is 1170 g/mol. The molecule has 2 rings (SSSR count). The molecule has 0 radical (unpaired) electrons. The Morgan fingerprint density at radius 1 is 0.605 bits per heavy atom. The van der Waals surface area contributed by atoms with E-state index in [0.717, 1.165) is 57.3 Å². The van der Waals surface area contributed by atoms with Gasteiger partial charge in [0.05, 0.1) is 44.1 Å². The number of carbonyl (C=O) groups is 3. The van der Waals surface area contributed by atoms with E-state index in [4.69, 9.17) is 18.9 Å². The Labute approximate surface area is 484 Å². The van der Waals surface area contributed by atoms with Gasteiger partial charge in [0, 0.05) is 6.42 Å². The molecule has 2 aliphatic heterocycles. The van der Waals surface area contributed by atoms with Crippen molar-refractivity contribution in [2.75, 3.05) is 26.4 Å². The molecule has 2 fully saturated rings. The molecule has 2 saturated heterocycles. The molecule has 21 nitrogen and oxygen atoms in total. The minimum atomic E-state index is -2.89. The summed E-state index contributed by atoms with van der Waals surface area (Å²) < 4.78 is 22.8. The zero-order chi connectivity index (χ0) is 60.0. The quantitative estimate of drug-likeness (QED) is 0.0354. The number of carbonyl (C=O) groups excluding carboxylic acids is 2. The van der Waals surface area contributed by atoms with Crippen LogP contribution in [0.1, 0.15) is 239 Å². The Kier molecular flexibility index (Phi) is 41.0. The highest BCUT2D eigenvalue weighted by molar-refractivity contribution is 5.80. The number of nitrogens with one attached hydrogen (secondary N) is 2. The largest absolute Gasteiger partial charge is 0.477 e. The third kappa shape index (κ3) is 30.1. The number of aliphatic carboxylic acids is 1. The summed E-state index contributed by atoms with van der Waals surface area (Å²) in [5.74, 6) is -5.95. The van der Waals surface area contributed by atoms with Gasteiger partial charge in [0.1, 0.15) is 61.5 Å². The average Bonchev–Trinajstić information content (AvgIpc) is 3.45. The molecule has 2 aliphatic rings. The van der Waals surface area contributed by atoms with Gasteiger partial charge in [-0.3, -0.25) is 9.59 Å². The number of rotatable bonds is 50. The van der Waals surface area contributed by atoms with Crippen LogP contribution in [0.2, 0.25) is 0 Å². The summed E-state index contributed by atoms with van der Waals surface area (Å²) in [7, 11) is 0. The van der Waals surface area contributed by atoms with Crippen molar-refractivity contribution in [2.45, 2.75) is 330 Å². The molecule has 0 aliphatic carbocycles. The highest BCUT2D eigenvalue weighted by Gasteiger charge is 2.57. The van der Waals surface area contributed by atoms with Crippen molar-refractivity contribution in [1.29, 1.82) is 0 Å². The minimum absolute atomic E-state index is 0.142. The van der Waals surface area contributed by atoms with Crippen LogP contribution in [-0.4, -0.2) is 197 Å². The number of amides is 2. The normalized spacial score (nSPS) is 25.5. The van der Waals surface area contributed by atoms with Gasteiger partial charge in [-0.15, -0.1) is 0 Å². The van der Waals surface area contributed by atoms with E-state index in [1.165, 1.54) is 135 Å². The van der Waals surface area contributed by atoms with Crippen molar-refractivity contribution in [1.82, 2.24) is 10.6 Å². The van der Waals surface area contributed by atoms with Gasteiger partial charge in [0.2, 0.25) is 11.8 Å². The van der Waals surface area contributed by atoms with Crippen LogP contribution in [0.3, 0.4) is 0 Å². The Morgan fingerprint density at radius 2 is 1.06 bits per heavy atom. The Hall–Kier alpha value is -2.19. The summed E-state index contributed by atoms with van der Waals surface area (Å²) in [5, 5.41) is 132. The fourth-order valence-electron chi connectivity index (χ4n) is 10.9. The topological polar surface area (TPSA) is 355 Å². The van der Waals surface area contributed by atoms with Crippen molar-refractivity contribution in [3.8, 4) is 0 Å². The van der Waals surface area contributed by atoms with E-state index < -0.39 is 142 Å². The predicted octanol–water partition coefficient (Wildman–Crippen LogP) is 5.07. The minimum Gasteiger partial charge on any atom is -0.477 e. The first-order valence-corrected chi connectivity index (χ1v) is 31.6. The maximum absolute atomic E-state index is 13.5. The molecule has 14 N–H and O–H groups in total. The van der Waals surface area contributed by atoms with Crippen molar-refractivity contribution < 1.29 is 94.6 Å². The number of hydrogen-bond donors (Lipinski definition) is 14. The SMILES string of the molecule is CCCCCCCCCCCCCCCCCCCCCCC(O)C(=O)NC(COC1OC(COC2(C(=O)O)CC(O)C(NC(=O)CO)C(C(O)C(O)CO)O2)C(O)C(O)C1O)C(O)C(O)CCCCCCCCCCCCC(C)C. The van der Waals surface area contributed by atoms with E-state index in [0.29, 0.717) is 12.8 Å². The molecule has 478 valence electrons. The number of carboxylic acids is 1. The lowest BCUT2D eigenvalue weighted by atomic mass is 9.88. The van der Waals surface area contributed by atoms with Gasteiger partial charge >= 0.3 is 5.97 Å². The van der Waals surface area contributed by atoms with E-state index in [2.05, 4.69) is 31.4 Å². The number of hydrogen-bond acceptors (Lipinski definition) is 18. The van der Waals surface area contributed by atoms with Gasteiger partial charge in [-0.25, -0.2) is 4.79 Å². The number of unbranched alkanes of at least 4 members (excludes halogenated alkanes) is 28. The molecule has 0 saturated carbocycles. The molecule has 0 aromatic rings. The third-order valence-corrected chi connectivity index (χ3v) is 16.2. The van der Waals surface area contributed by atoms with Crippen molar-refractivity contribution >= 4 is 17.8 Å². The maximum Gasteiger partial charge on any atom is 0.364 e. The molecule has 2 amide bonds. The lowest BCUT2D eigenvalue weighted by Crippen LogP contribution is -2.68. The van der Waals surface area contributed by atoms with E-state index in [9.17, 15) is 75.7 Å². The molecule has 0 aromatic carbocycles. The van der Waals surface area contributed by atoms with Crippen molar-refractivity contribution in [3.05, 3.63) is 0 Å². The van der Waals surface area contributed by atoms with Crippen LogP contribution in [0, 0.1) is 5.92 Å². The monoisotopic (exact) mass is 1170 g/mol. The zero-order valence-electron chi connectivity index (χ0n) is 49.8. The summed E-state index contributed by atoms with van der Waals surface area (Å²) in [6.07, 6.45) is 13.6. The summed E-state index contributed by atoms with van der Waals surface area (Å²) in [6, 6.07) is -3.03. The van der Waals surface area contributed by atoms with Crippen LogP contribution >= 0.6 is 0 Å². The molecule has 0 spiro atoms. The van der Waals surface area contributed by atoms with Gasteiger partial charge in [-0.1, -0.05) is 220 Å².